The van der Waals surface area contributed by atoms with Gasteiger partial charge in [-0.2, -0.15) is 0 Å². The second kappa shape index (κ2) is 8.53. The van der Waals surface area contributed by atoms with Crippen molar-refractivity contribution in [3.05, 3.63) is 0 Å². The highest BCUT2D eigenvalue weighted by molar-refractivity contribution is 5.69. The molecule has 4 nitrogen and oxygen atoms in total. The standard InChI is InChI=1S/C12H25NO3/c1-10(2)5-7-16-8-6-13(11(3)4)9-12(14)15/h10-11H,5-9H2,1-4H3,(H,14,15). The third-order valence-electron chi connectivity index (χ3n) is 2.43. The number of rotatable bonds is 9. The van der Waals surface area contributed by atoms with Gasteiger partial charge < -0.3 is 9.84 Å². The highest BCUT2D eigenvalue weighted by Gasteiger charge is 2.12. The number of carbonyl (C=O) groups is 1. The van der Waals surface area contributed by atoms with Crippen molar-refractivity contribution in [1.29, 1.82) is 0 Å². The number of hydrogen-bond acceptors (Lipinski definition) is 3. The number of ether oxygens (including phenoxy) is 1. The summed E-state index contributed by atoms with van der Waals surface area (Å²) in [6, 6.07) is 0.241. The molecule has 0 saturated heterocycles. The van der Waals surface area contributed by atoms with Crippen LogP contribution in [0.3, 0.4) is 0 Å². The monoisotopic (exact) mass is 231 g/mol. The Morgan fingerprint density at radius 3 is 2.31 bits per heavy atom. The summed E-state index contributed by atoms with van der Waals surface area (Å²) in [5, 5.41) is 8.73. The van der Waals surface area contributed by atoms with E-state index in [0.717, 1.165) is 13.0 Å². The van der Waals surface area contributed by atoms with Gasteiger partial charge >= 0.3 is 5.97 Å². The third-order valence-corrected chi connectivity index (χ3v) is 2.43. The Morgan fingerprint density at radius 2 is 1.88 bits per heavy atom. The fraction of sp³-hybridized carbons (Fsp3) is 0.917. The van der Waals surface area contributed by atoms with E-state index in [0.29, 0.717) is 19.1 Å². The van der Waals surface area contributed by atoms with E-state index in [2.05, 4.69) is 13.8 Å². The SMILES string of the molecule is CC(C)CCOCCN(CC(=O)O)C(C)C. The van der Waals surface area contributed by atoms with Crippen molar-refractivity contribution < 1.29 is 14.6 Å². The first-order chi connectivity index (χ1) is 7.43. The number of carboxylic acids is 1. The molecule has 0 rings (SSSR count). The Labute approximate surface area is 98.6 Å². The van der Waals surface area contributed by atoms with Gasteiger partial charge in [0.2, 0.25) is 0 Å². The van der Waals surface area contributed by atoms with Gasteiger partial charge in [-0.25, -0.2) is 0 Å². The van der Waals surface area contributed by atoms with Gasteiger partial charge in [0.25, 0.3) is 0 Å². The van der Waals surface area contributed by atoms with Gasteiger partial charge in [0.05, 0.1) is 13.2 Å². The Balaban J connectivity index is 3.64. The summed E-state index contributed by atoms with van der Waals surface area (Å²) in [5.74, 6) is -0.129. The van der Waals surface area contributed by atoms with Crippen LogP contribution >= 0.6 is 0 Å². The predicted molar refractivity (Wildman–Crippen MR) is 64.6 cm³/mol. The molecule has 0 unspecified atom stereocenters. The molecule has 0 aromatic heterocycles. The van der Waals surface area contributed by atoms with Crippen LogP contribution in [0, 0.1) is 5.92 Å². The molecule has 16 heavy (non-hydrogen) atoms. The molecule has 0 saturated carbocycles. The second-order valence-corrected chi connectivity index (χ2v) is 4.75. The average Bonchev–Trinajstić information content (AvgIpc) is 2.14. The van der Waals surface area contributed by atoms with Crippen LogP contribution in [0.25, 0.3) is 0 Å². The molecule has 0 bridgehead atoms. The van der Waals surface area contributed by atoms with Crippen LogP contribution in [0.5, 0.6) is 0 Å². The van der Waals surface area contributed by atoms with Gasteiger partial charge in [0.1, 0.15) is 0 Å². The largest absolute Gasteiger partial charge is 0.480 e. The maximum absolute atomic E-state index is 10.6. The lowest BCUT2D eigenvalue weighted by Gasteiger charge is -2.24. The summed E-state index contributed by atoms with van der Waals surface area (Å²) < 4.78 is 5.47. The number of hydrogen-bond donors (Lipinski definition) is 1. The molecule has 4 heteroatoms. The van der Waals surface area contributed by atoms with Crippen molar-refractivity contribution >= 4 is 5.97 Å². The van der Waals surface area contributed by atoms with Gasteiger partial charge in [-0.1, -0.05) is 13.8 Å². The Bertz CT molecular complexity index is 193. The van der Waals surface area contributed by atoms with E-state index in [4.69, 9.17) is 9.84 Å². The molecule has 0 aliphatic heterocycles. The fourth-order valence-electron chi connectivity index (χ4n) is 1.30. The molecular formula is C12H25NO3. The topological polar surface area (TPSA) is 49.8 Å². The van der Waals surface area contributed by atoms with Crippen molar-refractivity contribution in [2.75, 3.05) is 26.3 Å². The van der Waals surface area contributed by atoms with E-state index < -0.39 is 5.97 Å². The van der Waals surface area contributed by atoms with Crippen LogP contribution in [-0.2, 0) is 9.53 Å². The van der Waals surface area contributed by atoms with Crippen LogP contribution in [0.15, 0.2) is 0 Å². The van der Waals surface area contributed by atoms with Crippen LogP contribution in [0.1, 0.15) is 34.1 Å². The summed E-state index contributed by atoms with van der Waals surface area (Å²) in [6.07, 6.45) is 1.06. The first-order valence-corrected chi connectivity index (χ1v) is 5.97. The van der Waals surface area contributed by atoms with Gasteiger partial charge in [-0.15, -0.1) is 0 Å². The molecular weight excluding hydrogens is 206 g/mol. The molecule has 0 aromatic carbocycles. The van der Waals surface area contributed by atoms with E-state index in [9.17, 15) is 4.79 Å². The summed E-state index contributed by atoms with van der Waals surface area (Å²) in [6.45, 7) is 10.5. The van der Waals surface area contributed by atoms with Crippen LogP contribution in [-0.4, -0.2) is 48.3 Å². The molecule has 0 radical (unpaired) electrons. The van der Waals surface area contributed by atoms with E-state index in [-0.39, 0.29) is 12.6 Å². The van der Waals surface area contributed by atoms with Gasteiger partial charge in [0, 0.05) is 19.2 Å². The third kappa shape index (κ3) is 8.68. The molecule has 0 aliphatic rings. The predicted octanol–water partition coefficient (Wildman–Crippen LogP) is 1.84. The minimum absolute atomic E-state index is 0.0885. The van der Waals surface area contributed by atoms with Crippen molar-refractivity contribution in [3.8, 4) is 0 Å². The highest BCUT2D eigenvalue weighted by atomic mass is 16.5. The van der Waals surface area contributed by atoms with E-state index in [1.54, 1.807) is 0 Å². The van der Waals surface area contributed by atoms with Crippen molar-refractivity contribution in [2.24, 2.45) is 5.92 Å². The lowest BCUT2D eigenvalue weighted by molar-refractivity contribution is -0.139. The van der Waals surface area contributed by atoms with Crippen molar-refractivity contribution in [3.63, 3.8) is 0 Å². The lowest BCUT2D eigenvalue weighted by Crippen LogP contribution is -2.38. The van der Waals surface area contributed by atoms with Crippen LogP contribution < -0.4 is 0 Å². The van der Waals surface area contributed by atoms with Crippen molar-refractivity contribution in [2.45, 2.75) is 40.2 Å². The lowest BCUT2D eigenvalue weighted by atomic mass is 10.1. The Morgan fingerprint density at radius 1 is 1.25 bits per heavy atom. The molecule has 0 heterocycles. The maximum atomic E-state index is 10.6. The molecule has 0 amide bonds. The summed E-state index contributed by atoms with van der Waals surface area (Å²) in [4.78, 5) is 12.5. The number of carboxylic acid groups (broad SMARTS) is 1. The molecule has 1 N–H and O–H groups in total. The summed E-state index contributed by atoms with van der Waals surface area (Å²) >= 11 is 0. The average molecular weight is 231 g/mol. The molecule has 0 spiro atoms. The Kier molecular flexibility index (Phi) is 8.21. The zero-order valence-electron chi connectivity index (χ0n) is 10.9. The minimum atomic E-state index is -0.782. The fourth-order valence-corrected chi connectivity index (χ4v) is 1.30. The molecule has 0 aliphatic carbocycles. The quantitative estimate of drug-likeness (QED) is 0.615. The zero-order valence-corrected chi connectivity index (χ0v) is 10.9. The van der Waals surface area contributed by atoms with Gasteiger partial charge in [0.15, 0.2) is 0 Å². The molecule has 0 fully saturated rings. The number of aliphatic carboxylic acids is 1. The first kappa shape index (κ1) is 15.4. The molecule has 96 valence electrons. The van der Waals surface area contributed by atoms with E-state index in [1.807, 2.05) is 18.7 Å². The maximum Gasteiger partial charge on any atom is 0.317 e. The zero-order chi connectivity index (χ0) is 12.6. The van der Waals surface area contributed by atoms with Crippen molar-refractivity contribution in [1.82, 2.24) is 4.90 Å². The molecule has 0 aromatic rings. The van der Waals surface area contributed by atoms with Gasteiger partial charge in [-0.05, 0) is 26.2 Å². The minimum Gasteiger partial charge on any atom is -0.480 e. The van der Waals surface area contributed by atoms with E-state index in [1.165, 1.54) is 0 Å². The summed E-state index contributed by atoms with van der Waals surface area (Å²) in [5.41, 5.74) is 0. The number of nitrogens with zero attached hydrogens (tertiary/aromatic N) is 1. The normalized spacial score (nSPS) is 11.7. The van der Waals surface area contributed by atoms with Gasteiger partial charge in [-0.3, -0.25) is 9.69 Å². The van der Waals surface area contributed by atoms with Crippen LogP contribution in [0.2, 0.25) is 0 Å². The summed E-state index contributed by atoms with van der Waals surface area (Å²) in [7, 11) is 0. The first-order valence-electron chi connectivity index (χ1n) is 5.97. The second-order valence-electron chi connectivity index (χ2n) is 4.75. The van der Waals surface area contributed by atoms with Crippen LogP contribution in [0.4, 0.5) is 0 Å². The smallest absolute Gasteiger partial charge is 0.317 e. The van der Waals surface area contributed by atoms with E-state index >= 15 is 0 Å². The highest BCUT2D eigenvalue weighted by Crippen LogP contribution is 2.00. The Hall–Kier alpha value is -0.610. The molecule has 0 atom stereocenters.